The van der Waals surface area contributed by atoms with Gasteiger partial charge in [0.2, 0.25) is 0 Å². The summed E-state index contributed by atoms with van der Waals surface area (Å²) in [5.74, 6) is -0.432. The van der Waals surface area contributed by atoms with E-state index in [0.29, 0.717) is 10.8 Å². The molecular weight excluding hydrogens is 281 g/mol. The predicted octanol–water partition coefficient (Wildman–Crippen LogP) is 3.81. The van der Waals surface area contributed by atoms with Crippen molar-refractivity contribution in [2.45, 2.75) is 6.92 Å². The van der Waals surface area contributed by atoms with E-state index in [1.807, 2.05) is 6.92 Å². The van der Waals surface area contributed by atoms with Crippen molar-refractivity contribution in [3.05, 3.63) is 58.9 Å². The molecule has 0 aliphatic heterocycles. The molecule has 0 heterocycles. The number of anilines is 1. The Hall–Kier alpha value is -2.07. The molecule has 2 rings (SSSR count). The van der Waals surface area contributed by atoms with Crippen LogP contribution in [-0.4, -0.2) is 12.5 Å². The fourth-order valence-electron chi connectivity index (χ4n) is 1.63. The first-order chi connectivity index (χ1) is 9.54. The molecule has 104 valence electrons. The van der Waals surface area contributed by atoms with Gasteiger partial charge in [0.05, 0.1) is 5.69 Å². The van der Waals surface area contributed by atoms with E-state index < -0.39 is 11.7 Å². The zero-order valence-corrected chi connectivity index (χ0v) is 11.6. The Morgan fingerprint density at radius 3 is 2.85 bits per heavy atom. The standard InChI is InChI=1S/C15H13ClFNO2/c1-10-5-6-13(17)14(7-10)18-15(19)9-20-12-4-2-3-11(16)8-12/h2-8H,9H2,1H3,(H,18,19). The topological polar surface area (TPSA) is 38.3 Å². The predicted molar refractivity (Wildman–Crippen MR) is 76.7 cm³/mol. The van der Waals surface area contributed by atoms with Crippen LogP contribution in [0.2, 0.25) is 5.02 Å². The van der Waals surface area contributed by atoms with Gasteiger partial charge in [-0.05, 0) is 42.8 Å². The van der Waals surface area contributed by atoms with Gasteiger partial charge in [-0.1, -0.05) is 23.7 Å². The van der Waals surface area contributed by atoms with Crippen molar-refractivity contribution in [3.63, 3.8) is 0 Å². The summed E-state index contributed by atoms with van der Waals surface area (Å²) in [5.41, 5.74) is 1.00. The van der Waals surface area contributed by atoms with Crippen LogP contribution in [-0.2, 0) is 4.79 Å². The highest BCUT2D eigenvalue weighted by molar-refractivity contribution is 6.30. The van der Waals surface area contributed by atoms with Crippen LogP contribution < -0.4 is 10.1 Å². The Morgan fingerprint density at radius 2 is 2.10 bits per heavy atom. The van der Waals surface area contributed by atoms with Gasteiger partial charge >= 0.3 is 0 Å². The smallest absolute Gasteiger partial charge is 0.262 e. The van der Waals surface area contributed by atoms with Gasteiger partial charge in [-0.2, -0.15) is 0 Å². The van der Waals surface area contributed by atoms with Crippen molar-refractivity contribution in [3.8, 4) is 5.75 Å². The van der Waals surface area contributed by atoms with E-state index in [1.54, 1.807) is 36.4 Å². The number of rotatable bonds is 4. The third kappa shape index (κ3) is 3.96. The fourth-order valence-corrected chi connectivity index (χ4v) is 1.81. The fraction of sp³-hybridized carbons (Fsp3) is 0.133. The van der Waals surface area contributed by atoms with Crippen LogP contribution in [0, 0.1) is 12.7 Å². The molecule has 0 unspecified atom stereocenters. The minimum Gasteiger partial charge on any atom is -0.484 e. The minimum atomic E-state index is -0.480. The van der Waals surface area contributed by atoms with Crippen molar-refractivity contribution in [2.24, 2.45) is 0 Å². The molecule has 1 amide bonds. The molecular formula is C15H13ClFNO2. The number of amides is 1. The van der Waals surface area contributed by atoms with Gasteiger partial charge in [-0.3, -0.25) is 4.79 Å². The third-order valence-electron chi connectivity index (χ3n) is 2.56. The molecule has 0 atom stereocenters. The monoisotopic (exact) mass is 293 g/mol. The lowest BCUT2D eigenvalue weighted by atomic mass is 10.2. The first kappa shape index (κ1) is 14.3. The van der Waals surface area contributed by atoms with E-state index in [2.05, 4.69) is 5.32 Å². The second-order valence-electron chi connectivity index (χ2n) is 4.28. The van der Waals surface area contributed by atoms with E-state index in [4.69, 9.17) is 16.3 Å². The van der Waals surface area contributed by atoms with Crippen LogP contribution in [0.4, 0.5) is 10.1 Å². The summed E-state index contributed by atoms with van der Waals surface area (Å²) in [6.07, 6.45) is 0. The highest BCUT2D eigenvalue weighted by Gasteiger charge is 2.08. The first-order valence-corrected chi connectivity index (χ1v) is 6.37. The number of aryl methyl sites for hydroxylation is 1. The molecule has 2 aromatic carbocycles. The maximum absolute atomic E-state index is 13.5. The van der Waals surface area contributed by atoms with Gasteiger partial charge in [-0.25, -0.2) is 4.39 Å². The maximum Gasteiger partial charge on any atom is 0.262 e. The number of carbonyl (C=O) groups excluding carboxylic acids is 1. The summed E-state index contributed by atoms with van der Waals surface area (Å²) in [6, 6.07) is 11.2. The molecule has 5 heteroatoms. The van der Waals surface area contributed by atoms with Crippen LogP contribution >= 0.6 is 11.6 Å². The zero-order valence-electron chi connectivity index (χ0n) is 10.8. The summed E-state index contributed by atoms with van der Waals surface area (Å²) < 4.78 is 18.7. The van der Waals surface area contributed by atoms with E-state index in [9.17, 15) is 9.18 Å². The molecule has 0 bridgehead atoms. The summed E-state index contributed by atoms with van der Waals surface area (Å²) in [6.45, 7) is 1.60. The van der Waals surface area contributed by atoms with Crippen molar-refractivity contribution in [1.29, 1.82) is 0 Å². The molecule has 0 radical (unpaired) electrons. The maximum atomic E-state index is 13.5. The van der Waals surface area contributed by atoms with E-state index in [-0.39, 0.29) is 12.3 Å². The lowest BCUT2D eigenvalue weighted by Gasteiger charge is -2.09. The van der Waals surface area contributed by atoms with Gasteiger partial charge < -0.3 is 10.1 Å². The quantitative estimate of drug-likeness (QED) is 0.931. The highest BCUT2D eigenvalue weighted by Crippen LogP contribution is 2.18. The average Bonchev–Trinajstić information content (AvgIpc) is 2.41. The van der Waals surface area contributed by atoms with Crippen molar-refractivity contribution in [2.75, 3.05) is 11.9 Å². The lowest BCUT2D eigenvalue weighted by molar-refractivity contribution is -0.118. The highest BCUT2D eigenvalue weighted by atomic mass is 35.5. The molecule has 0 aliphatic carbocycles. The normalized spacial score (nSPS) is 10.2. The summed E-state index contributed by atoms with van der Waals surface area (Å²) >= 11 is 5.80. The Morgan fingerprint density at radius 1 is 1.30 bits per heavy atom. The van der Waals surface area contributed by atoms with Gasteiger partial charge in [0.15, 0.2) is 6.61 Å². The molecule has 20 heavy (non-hydrogen) atoms. The Balaban J connectivity index is 1.94. The minimum absolute atomic E-state index is 0.143. The molecule has 0 spiro atoms. The van der Waals surface area contributed by atoms with E-state index in [1.165, 1.54) is 6.07 Å². The Bertz CT molecular complexity index is 631. The SMILES string of the molecule is Cc1ccc(F)c(NC(=O)COc2cccc(Cl)c2)c1. The van der Waals surface area contributed by atoms with Gasteiger partial charge in [0, 0.05) is 5.02 Å². The third-order valence-corrected chi connectivity index (χ3v) is 2.80. The summed E-state index contributed by atoms with van der Waals surface area (Å²) in [4.78, 5) is 11.7. The van der Waals surface area contributed by atoms with Gasteiger partial charge in [0.1, 0.15) is 11.6 Å². The molecule has 0 saturated heterocycles. The van der Waals surface area contributed by atoms with E-state index in [0.717, 1.165) is 5.56 Å². The number of hydrogen-bond acceptors (Lipinski definition) is 2. The van der Waals surface area contributed by atoms with Crippen LogP contribution in [0.15, 0.2) is 42.5 Å². The van der Waals surface area contributed by atoms with Gasteiger partial charge in [-0.15, -0.1) is 0 Å². The zero-order chi connectivity index (χ0) is 14.5. The molecule has 1 N–H and O–H groups in total. The molecule has 3 nitrogen and oxygen atoms in total. The van der Waals surface area contributed by atoms with E-state index >= 15 is 0 Å². The molecule has 2 aromatic rings. The number of carbonyl (C=O) groups is 1. The largest absolute Gasteiger partial charge is 0.484 e. The summed E-state index contributed by atoms with van der Waals surface area (Å²) in [5, 5.41) is 2.98. The molecule has 0 saturated carbocycles. The summed E-state index contributed by atoms with van der Waals surface area (Å²) in [7, 11) is 0. The van der Waals surface area contributed by atoms with Crippen molar-refractivity contribution >= 4 is 23.2 Å². The second-order valence-corrected chi connectivity index (χ2v) is 4.71. The Labute approximate surface area is 121 Å². The lowest BCUT2D eigenvalue weighted by Crippen LogP contribution is -2.20. The van der Waals surface area contributed by atoms with Crippen LogP contribution in [0.1, 0.15) is 5.56 Å². The van der Waals surface area contributed by atoms with Crippen LogP contribution in [0.5, 0.6) is 5.75 Å². The second kappa shape index (κ2) is 6.39. The Kier molecular flexibility index (Phi) is 4.58. The number of hydrogen-bond donors (Lipinski definition) is 1. The van der Waals surface area contributed by atoms with Gasteiger partial charge in [0.25, 0.3) is 5.91 Å². The van der Waals surface area contributed by atoms with Crippen molar-refractivity contribution < 1.29 is 13.9 Å². The number of halogens is 2. The van der Waals surface area contributed by atoms with Crippen molar-refractivity contribution in [1.82, 2.24) is 0 Å². The molecule has 0 aromatic heterocycles. The number of ether oxygens (including phenoxy) is 1. The number of benzene rings is 2. The van der Waals surface area contributed by atoms with Crippen LogP contribution in [0.3, 0.4) is 0 Å². The van der Waals surface area contributed by atoms with Crippen LogP contribution in [0.25, 0.3) is 0 Å². The average molecular weight is 294 g/mol. The first-order valence-electron chi connectivity index (χ1n) is 5.99. The molecule has 0 fully saturated rings. The number of nitrogens with one attached hydrogen (secondary N) is 1. The molecule has 0 aliphatic rings.